The van der Waals surface area contributed by atoms with Gasteiger partial charge in [0.05, 0.1) is 12.6 Å². The summed E-state index contributed by atoms with van der Waals surface area (Å²) in [6.07, 6.45) is 12.2. The topological polar surface area (TPSA) is 69.0 Å². The fourth-order valence-electron chi connectivity index (χ4n) is 3.59. The van der Waals surface area contributed by atoms with Crippen molar-refractivity contribution in [3.8, 4) is 11.3 Å². The summed E-state index contributed by atoms with van der Waals surface area (Å²) >= 11 is 0. The molecule has 0 aliphatic carbocycles. The van der Waals surface area contributed by atoms with Gasteiger partial charge in [0.15, 0.2) is 0 Å². The first-order valence-corrected chi connectivity index (χ1v) is 10.4. The van der Waals surface area contributed by atoms with E-state index in [1.165, 1.54) is 5.56 Å². The number of hydrogen-bond acceptors (Lipinski definition) is 4. The zero-order valence-corrected chi connectivity index (χ0v) is 16.9. The predicted octanol–water partition coefficient (Wildman–Crippen LogP) is 3.69. The number of carbonyl (C=O) groups excluding carboxylic acids is 1. The van der Waals surface area contributed by atoms with Gasteiger partial charge in [0.25, 0.3) is 0 Å². The van der Waals surface area contributed by atoms with E-state index in [4.69, 9.17) is 9.84 Å². The molecular weight excluding hydrogens is 376 g/mol. The van der Waals surface area contributed by atoms with Crippen molar-refractivity contribution in [2.45, 2.75) is 31.9 Å². The number of ether oxygens (including phenoxy) is 1. The minimum absolute atomic E-state index is 0.110. The second-order valence-electron chi connectivity index (χ2n) is 7.41. The lowest BCUT2D eigenvalue weighted by molar-refractivity contribution is -0.116. The number of amides is 1. The quantitative estimate of drug-likeness (QED) is 0.584. The third-order valence-corrected chi connectivity index (χ3v) is 5.12. The number of aromatic nitrogens is 3. The Labute approximate surface area is 176 Å². The zero-order chi connectivity index (χ0) is 20.6. The number of hydrogen-bond donors (Lipinski definition) is 1. The van der Waals surface area contributed by atoms with Gasteiger partial charge in [-0.3, -0.25) is 14.5 Å². The molecule has 1 aliphatic heterocycles. The predicted molar refractivity (Wildman–Crippen MR) is 117 cm³/mol. The summed E-state index contributed by atoms with van der Waals surface area (Å²) in [5, 5.41) is 7.69. The summed E-state index contributed by atoms with van der Waals surface area (Å²) in [6.45, 7) is 2.12. The smallest absolute Gasteiger partial charge is 0.244 e. The van der Waals surface area contributed by atoms with Crippen LogP contribution in [-0.4, -0.2) is 39.9 Å². The average molecular weight is 402 g/mol. The van der Waals surface area contributed by atoms with Crippen LogP contribution in [0.4, 0.5) is 0 Å². The SMILES string of the molecule is O=C(C=Cc1cn(Cc2ccccc2)nc1-c1cccnc1)NCCC1CCCO1. The van der Waals surface area contributed by atoms with Crippen molar-refractivity contribution in [2.24, 2.45) is 0 Å². The molecule has 1 fully saturated rings. The summed E-state index contributed by atoms with van der Waals surface area (Å²) in [7, 11) is 0. The molecule has 30 heavy (non-hydrogen) atoms. The maximum absolute atomic E-state index is 12.3. The van der Waals surface area contributed by atoms with Crippen molar-refractivity contribution < 1.29 is 9.53 Å². The normalized spacial score (nSPS) is 16.2. The van der Waals surface area contributed by atoms with E-state index in [2.05, 4.69) is 22.4 Å². The lowest BCUT2D eigenvalue weighted by Gasteiger charge is -2.08. The van der Waals surface area contributed by atoms with Gasteiger partial charge in [0, 0.05) is 48.9 Å². The van der Waals surface area contributed by atoms with Gasteiger partial charge < -0.3 is 10.1 Å². The van der Waals surface area contributed by atoms with Crippen LogP contribution in [0.2, 0.25) is 0 Å². The summed E-state index contributed by atoms with van der Waals surface area (Å²) in [5.41, 5.74) is 3.78. The fraction of sp³-hybridized carbons (Fsp3) is 0.292. The number of benzene rings is 1. The Bertz CT molecular complexity index is 977. The van der Waals surface area contributed by atoms with Crippen LogP contribution in [0.3, 0.4) is 0 Å². The van der Waals surface area contributed by atoms with Gasteiger partial charge in [-0.15, -0.1) is 0 Å². The molecule has 4 rings (SSSR count). The Balaban J connectivity index is 1.46. The first-order chi connectivity index (χ1) is 14.8. The van der Waals surface area contributed by atoms with Gasteiger partial charge in [-0.05, 0) is 43.0 Å². The van der Waals surface area contributed by atoms with E-state index < -0.39 is 0 Å². The third kappa shape index (κ3) is 5.42. The van der Waals surface area contributed by atoms with Crippen LogP contribution in [0.1, 0.15) is 30.4 Å². The molecular formula is C24H26N4O2. The van der Waals surface area contributed by atoms with Crippen LogP contribution in [0.25, 0.3) is 17.3 Å². The summed E-state index contributed by atoms with van der Waals surface area (Å²) in [5.74, 6) is -0.110. The molecule has 1 saturated heterocycles. The molecule has 6 nitrogen and oxygen atoms in total. The lowest BCUT2D eigenvalue weighted by atomic mass is 10.1. The fourth-order valence-corrected chi connectivity index (χ4v) is 3.59. The molecule has 1 atom stereocenters. The van der Waals surface area contributed by atoms with E-state index in [-0.39, 0.29) is 12.0 Å². The maximum atomic E-state index is 12.3. The van der Waals surface area contributed by atoms with Crippen molar-refractivity contribution in [1.82, 2.24) is 20.1 Å². The average Bonchev–Trinajstić information content (AvgIpc) is 3.44. The minimum Gasteiger partial charge on any atom is -0.378 e. The first kappa shape index (κ1) is 20.0. The molecule has 1 unspecified atom stereocenters. The highest BCUT2D eigenvalue weighted by molar-refractivity contribution is 5.92. The second-order valence-corrected chi connectivity index (χ2v) is 7.41. The highest BCUT2D eigenvalue weighted by Gasteiger charge is 2.15. The first-order valence-electron chi connectivity index (χ1n) is 10.4. The van der Waals surface area contributed by atoms with Crippen molar-refractivity contribution in [3.63, 3.8) is 0 Å². The van der Waals surface area contributed by atoms with Gasteiger partial charge in [0.1, 0.15) is 5.69 Å². The summed E-state index contributed by atoms with van der Waals surface area (Å²) < 4.78 is 7.49. The maximum Gasteiger partial charge on any atom is 0.244 e. The molecule has 154 valence electrons. The van der Waals surface area contributed by atoms with Crippen LogP contribution < -0.4 is 5.32 Å². The number of nitrogens with one attached hydrogen (secondary N) is 1. The monoisotopic (exact) mass is 402 g/mol. The molecule has 1 aromatic carbocycles. The molecule has 1 N–H and O–H groups in total. The summed E-state index contributed by atoms with van der Waals surface area (Å²) in [4.78, 5) is 16.5. The van der Waals surface area contributed by atoms with Gasteiger partial charge in [-0.2, -0.15) is 5.10 Å². The number of pyridine rings is 1. The van der Waals surface area contributed by atoms with E-state index in [1.54, 1.807) is 18.5 Å². The van der Waals surface area contributed by atoms with Crippen LogP contribution in [0.5, 0.6) is 0 Å². The van der Waals surface area contributed by atoms with Crippen molar-refractivity contribution >= 4 is 12.0 Å². The highest BCUT2D eigenvalue weighted by atomic mass is 16.5. The van der Waals surface area contributed by atoms with Crippen LogP contribution in [0.15, 0.2) is 67.1 Å². The molecule has 2 aromatic heterocycles. The van der Waals surface area contributed by atoms with E-state index >= 15 is 0 Å². The largest absolute Gasteiger partial charge is 0.378 e. The zero-order valence-electron chi connectivity index (χ0n) is 16.9. The molecule has 1 aliphatic rings. The van der Waals surface area contributed by atoms with Crippen LogP contribution in [-0.2, 0) is 16.1 Å². The van der Waals surface area contributed by atoms with Crippen LogP contribution in [0, 0.1) is 0 Å². The number of nitrogens with zero attached hydrogens (tertiary/aromatic N) is 3. The second kappa shape index (κ2) is 9.98. The lowest BCUT2D eigenvalue weighted by Crippen LogP contribution is -2.25. The van der Waals surface area contributed by atoms with E-state index in [1.807, 2.05) is 47.3 Å². The van der Waals surface area contributed by atoms with Gasteiger partial charge in [-0.1, -0.05) is 30.3 Å². The molecule has 0 radical (unpaired) electrons. The van der Waals surface area contributed by atoms with Gasteiger partial charge in [-0.25, -0.2) is 0 Å². The molecule has 3 aromatic rings. The molecule has 0 bridgehead atoms. The molecule has 6 heteroatoms. The Morgan fingerprint density at radius 3 is 2.90 bits per heavy atom. The molecule has 3 heterocycles. The Kier molecular flexibility index (Phi) is 6.67. The highest BCUT2D eigenvalue weighted by Crippen LogP contribution is 2.23. The Hall–Kier alpha value is -3.25. The number of rotatable bonds is 8. The summed E-state index contributed by atoms with van der Waals surface area (Å²) in [6, 6.07) is 14.0. The Morgan fingerprint density at radius 1 is 1.23 bits per heavy atom. The van der Waals surface area contributed by atoms with Crippen molar-refractivity contribution in [3.05, 3.63) is 78.3 Å². The van der Waals surface area contributed by atoms with Crippen molar-refractivity contribution in [1.29, 1.82) is 0 Å². The molecule has 0 saturated carbocycles. The van der Waals surface area contributed by atoms with Gasteiger partial charge >= 0.3 is 0 Å². The van der Waals surface area contributed by atoms with Crippen LogP contribution >= 0.6 is 0 Å². The third-order valence-electron chi connectivity index (χ3n) is 5.12. The van der Waals surface area contributed by atoms with E-state index in [0.29, 0.717) is 13.1 Å². The Morgan fingerprint density at radius 2 is 2.13 bits per heavy atom. The minimum atomic E-state index is -0.110. The van der Waals surface area contributed by atoms with E-state index in [9.17, 15) is 4.79 Å². The van der Waals surface area contributed by atoms with Gasteiger partial charge in [0.2, 0.25) is 5.91 Å². The van der Waals surface area contributed by atoms with Crippen molar-refractivity contribution in [2.75, 3.05) is 13.2 Å². The molecule has 0 spiro atoms. The number of carbonyl (C=O) groups is 1. The van der Waals surface area contributed by atoms with E-state index in [0.717, 1.165) is 42.7 Å². The molecule has 1 amide bonds. The standard InChI is InChI=1S/C24H26N4O2/c29-23(26-14-12-22-9-5-15-30-22)11-10-21-18-28(17-19-6-2-1-3-7-19)27-24(21)20-8-4-13-25-16-20/h1-4,6-8,10-11,13,16,18,22H,5,9,12,14-15,17H2,(H,26,29).